The molecule has 0 amide bonds. The topological polar surface area (TPSA) is 72.6 Å². The van der Waals surface area contributed by atoms with Gasteiger partial charge in [-0.15, -0.1) is 0 Å². The highest BCUT2D eigenvalue weighted by molar-refractivity contribution is 6.30. The maximum Gasteiger partial charge on any atom is 0.272 e. The third-order valence-electron chi connectivity index (χ3n) is 4.10. The summed E-state index contributed by atoms with van der Waals surface area (Å²) in [7, 11) is 0. The molecule has 0 saturated heterocycles. The number of fused-ring (bicyclic) bond motifs is 1. The zero-order valence-electron chi connectivity index (χ0n) is 12.7. The molecule has 1 aliphatic heterocycles. The molecule has 0 saturated carbocycles. The predicted octanol–water partition coefficient (Wildman–Crippen LogP) is 3.71. The van der Waals surface area contributed by atoms with Crippen LogP contribution in [0.15, 0.2) is 36.4 Å². The molecule has 0 aromatic heterocycles. The van der Waals surface area contributed by atoms with Gasteiger partial charge in [0.2, 0.25) is 5.79 Å². The van der Waals surface area contributed by atoms with Crippen molar-refractivity contribution in [2.45, 2.75) is 32.2 Å². The van der Waals surface area contributed by atoms with Crippen LogP contribution in [0.3, 0.4) is 0 Å². The van der Waals surface area contributed by atoms with Gasteiger partial charge in [0.05, 0.1) is 11.0 Å². The number of halogens is 1. The van der Waals surface area contributed by atoms with Crippen molar-refractivity contribution in [3.8, 4) is 0 Å². The van der Waals surface area contributed by atoms with Crippen molar-refractivity contribution in [2.75, 3.05) is 0 Å². The van der Waals surface area contributed by atoms with E-state index in [4.69, 9.17) is 16.3 Å². The van der Waals surface area contributed by atoms with Crippen molar-refractivity contribution in [1.82, 2.24) is 0 Å². The summed E-state index contributed by atoms with van der Waals surface area (Å²) in [6.45, 7) is 3.51. The number of ether oxygens (including phenoxy) is 1. The normalized spacial score (nSPS) is 23.4. The van der Waals surface area contributed by atoms with Gasteiger partial charge in [-0.05, 0) is 50.1 Å². The standard InChI is InChI=1S/C17H16ClNO4/c1-10-7-13(4-6-16(10)19(21)22)17(20)15-9-14(18)5-3-12(15)8-11(2)23-17/h3-7,9,11,20H,8H2,1-2H3/t11-,17?/m1/s1. The highest BCUT2D eigenvalue weighted by Gasteiger charge is 2.41. The Labute approximate surface area is 138 Å². The van der Waals surface area contributed by atoms with Gasteiger partial charge < -0.3 is 9.84 Å². The second kappa shape index (κ2) is 5.60. The van der Waals surface area contributed by atoms with Crippen molar-refractivity contribution in [3.05, 3.63) is 73.8 Å². The lowest BCUT2D eigenvalue weighted by Gasteiger charge is -2.38. The van der Waals surface area contributed by atoms with E-state index in [0.717, 1.165) is 5.56 Å². The van der Waals surface area contributed by atoms with Gasteiger partial charge in [-0.1, -0.05) is 17.7 Å². The summed E-state index contributed by atoms with van der Waals surface area (Å²) in [5, 5.41) is 22.7. The Morgan fingerprint density at radius 3 is 2.74 bits per heavy atom. The molecule has 5 nitrogen and oxygen atoms in total. The number of aliphatic hydroxyl groups is 1. The Bertz CT molecular complexity index is 792. The molecule has 2 atom stereocenters. The lowest BCUT2D eigenvalue weighted by molar-refractivity contribution is -0.385. The van der Waals surface area contributed by atoms with E-state index in [1.165, 1.54) is 12.1 Å². The van der Waals surface area contributed by atoms with E-state index in [2.05, 4.69) is 0 Å². The van der Waals surface area contributed by atoms with Crippen LogP contribution >= 0.6 is 11.6 Å². The molecule has 2 aromatic carbocycles. The minimum Gasteiger partial charge on any atom is -0.358 e. The first kappa shape index (κ1) is 15.9. The SMILES string of the molecule is Cc1cc(C2(O)O[C@H](C)Cc3ccc(Cl)cc32)ccc1[N+](=O)[O-]. The molecule has 120 valence electrons. The largest absolute Gasteiger partial charge is 0.358 e. The molecule has 0 bridgehead atoms. The quantitative estimate of drug-likeness (QED) is 0.671. The van der Waals surface area contributed by atoms with E-state index in [-0.39, 0.29) is 11.8 Å². The number of nitro benzene ring substituents is 1. The van der Waals surface area contributed by atoms with E-state index in [1.54, 1.807) is 25.1 Å². The van der Waals surface area contributed by atoms with Gasteiger partial charge in [0.15, 0.2) is 0 Å². The molecule has 0 aliphatic carbocycles. The fourth-order valence-corrected chi connectivity index (χ4v) is 3.21. The Morgan fingerprint density at radius 2 is 2.09 bits per heavy atom. The Kier molecular flexibility index (Phi) is 3.88. The van der Waals surface area contributed by atoms with Gasteiger partial charge in [0, 0.05) is 27.8 Å². The number of benzene rings is 2. The molecule has 1 heterocycles. The molecule has 0 fully saturated rings. The second-order valence-corrected chi connectivity index (χ2v) is 6.27. The van der Waals surface area contributed by atoms with Crippen molar-refractivity contribution in [2.24, 2.45) is 0 Å². The number of nitrogens with zero attached hydrogens (tertiary/aromatic N) is 1. The average molecular weight is 334 g/mol. The smallest absolute Gasteiger partial charge is 0.272 e. The van der Waals surface area contributed by atoms with Gasteiger partial charge in [-0.25, -0.2) is 0 Å². The van der Waals surface area contributed by atoms with Crippen molar-refractivity contribution >= 4 is 17.3 Å². The summed E-state index contributed by atoms with van der Waals surface area (Å²) in [6.07, 6.45) is 0.477. The number of rotatable bonds is 2. The Morgan fingerprint density at radius 1 is 1.35 bits per heavy atom. The number of hydrogen-bond acceptors (Lipinski definition) is 4. The summed E-state index contributed by atoms with van der Waals surface area (Å²) in [5.41, 5.74) is 2.46. The van der Waals surface area contributed by atoms with Crippen molar-refractivity contribution in [1.29, 1.82) is 0 Å². The zero-order valence-corrected chi connectivity index (χ0v) is 13.5. The summed E-state index contributed by atoms with van der Waals surface area (Å²) in [5.74, 6) is -1.67. The maximum absolute atomic E-state index is 11.2. The molecule has 3 rings (SSSR count). The van der Waals surface area contributed by atoms with Crippen LogP contribution in [0.4, 0.5) is 5.69 Å². The Hall–Kier alpha value is -1.95. The van der Waals surface area contributed by atoms with Crippen LogP contribution < -0.4 is 0 Å². The first-order valence-electron chi connectivity index (χ1n) is 7.26. The van der Waals surface area contributed by atoms with E-state index in [9.17, 15) is 15.2 Å². The Balaban J connectivity index is 2.17. The minimum absolute atomic E-state index is 0.00697. The maximum atomic E-state index is 11.2. The lowest BCUT2D eigenvalue weighted by Crippen LogP contribution is -2.40. The molecule has 2 aromatic rings. The van der Waals surface area contributed by atoms with Gasteiger partial charge in [0.1, 0.15) is 0 Å². The summed E-state index contributed by atoms with van der Waals surface area (Å²) in [6, 6.07) is 9.82. The number of aryl methyl sites for hydroxylation is 1. The fraction of sp³-hybridized carbons (Fsp3) is 0.294. The van der Waals surface area contributed by atoms with E-state index < -0.39 is 10.7 Å². The third kappa shape index (κ3) is 2.72. The molecule has 23 heavy (non-hydrogen) atoms. The minimum atomic E-state index is -1.67. The van der Waals surface area contributed by atoms with Crippen LogP contribution in [0.25, 0.3) is 0 Å². The molecule has 1 unspecified atom stereocenters. The average Bonchev–Trinajstić information content (AvgIpc) is 2.47. The van der Waals surface area contributed by atoms with Gasteiger partial charge in [-0.3, -0.25) is 10.1 Å². The molecular formula is C17H16ClNO4. The van der Waals surface area contributed by atoms with Gasteiger partial charge >= 0.3 is 0 Å². The van der Waals surface area contributed by atoms with Crippen LogP contribution in [0.1, 0.15) is 29.2 Å². The molecule has 1 N–H and O–H groups in total. The summed E-state index contributed by atoms with van der Waals surface area (Å²) < 4.78 is 5.82. The molecule has 0 spiro atoms. The van der Waals surface area contributed by atoms with E-state index in [1.807, 2.05) is 13.0 Å². The van der Waals surface area contributed by atoms with Gasteiger partial charge in [-0.2, -0.15) is 0 Å². The fourth-order valence-electron chi connectivity index (χ4n) is 3.04. The highest BCUT2D eigenvalue weighted by Crippen LogP contribution is 2.41. The molecule has 1 aliphatic rings. The van der Waals surface area contributed by atoms with Crippen LogP contribution in [0.2, 0.25) is 5.02 Å². The first-order chi connectivity index (χ1) is 10.8. The second-order valence-electron chi connectivity index (χ2n) is 5.84. The summed E-state index contributed by atoms with van der Waals surface area (Å²) in [4.78, 5) is 10.5. The molecule has 6 heteroatoms. The van der Waals surface area contributed by atoms with Crippen molar-refractivity contribution < 1.29 is 14.8 Å². The highest BCUT2D eigenvalue weighted by atomic mass is 35.5. The summed E-state index contributed by atoms with van der Waals surface area (Å²) >= 11 is 6.07. The van der Waals surface area contributed by atoms with Crippen molar-refractivity contribution in [3.63, 3.8) is 0 Å². The monoisotopic (exact) mass is 333 g/mol. The molecule has 0 radical (unpaired) electrons. The third-order valence-corrected chi connectivity index (χ3v) is 4.34. The van der Waals surface area contributed by atoms with E-state index >= 15 is 0 Å². The molecular weight excluding hydrogens is 318 g/mol. The number of hydrogen-bond donors (Lipinski definition) is 1. The van der Waals surface area contributed by atoms with Crippen LogP contribution in [0.5, 0.6) is 0 Å². The van der Waals surface area contributed by atoms with Crippen LogP contribution in [0, 0.1) is 17.0 Å². The predicted molar refractivity (Wildman–Crippen MR) is 86.5 cm³/mol. The van der Waals surface area contributed by atoms with Crippen LogP contribution in [-0.4, -0.2) is 16.1 Å². The number of nitro groups is 1. The van der Waals surface area contributed by atoms with Crippen LogP contribution in [-0.2, 0) is 16.9 Å². The lowest BCUT2D eigenvalue weighted by atomic mass is 9.87. The zero-order chi connectivity index (χ0) is 16.8. The first-order valence-corrected chi connectivity index (χ1v) is 7.63. The van der Waals surface area contributed by atoms with E-state index in [0.29, 0.717) is 28.1 Å². The van der Waals surface area contributed by atoms with Gasteiger partial charge in [0.25, 0.3) is 5.69 Å².